The van der Waals surface area contributed by atoms with E-state index in [9.17, 15) is 0 Å². The lowest BCUT2D eigenvalue weighted by atomic mass is 10.2. The molecular formula is C8H15NS+. The van der Waals surface area contributed by atoms with E-state index in [1.807, 2.05) is 11.8 Å². The Labute approximate surface area is 67.5 Å². The summed E-state index contributed by atoms with van der Waals surface area (Å²) in [7, 11) is 0. The fourth-order valence-corrected chi connectivity index (χ4v) is 1.77. The van der Waals surface area contributed by atoms with Crippen molar-refractivity contribution in [1.82, 2.24) is 4.90 Å². The Morgan fingerprint density at radius 1 is 1.50 bits per heavy atom. The van der Waals surface area contributed by atoms with Crippen molar-refractivity contribution in [1.29, 1.82) is 0 Å². The lowest BCUT2D eigenvalue weighted by molar-refractivity contribution is 0.552. The van der Waals surface area contributed by atoms with Crippen LogP contribution < -0.4 is 4.90 Å². The van der Waals surface area contributed by atoms with E-state index in [1.165, 1.54) is 31.7 Å². The smallest absolute Gasteiger partial charge is 0.130 e. The first kappa shape index (κ1) is 8.15. The van der Waals surface area contributed by atoms with E-state index in [4.69, 9.17) is 0 Å². The highest BCUT2D eigenvalue weighted by Gasteiger charge is 2.14. The van der Waals surface area contributed by atoms with Crippen molar-refractivity contribution in [2.24, 2.45) is 0 Å². The Kier molecular flexibility index (Phi) is 3.91. The summed E-state index contributed by atoms with van der Waals surface area (Å²) in [6.07, 6.45) is 6.24. The molecule has 1 heterocycles. The first-order valence-corrected chi connectivity index (χ1v) is 5.00. The minimum Gasteiger partial charge on any atom is -0.130 e. The largest absolute Gasteiger partial charge is 0.178 e. The predicted molar refractivity (Wildman–Crippen MR) is 48.1 cm³/mol. The monoisotopic (exact) mass is 157 g/mol. The van der Waals surface area contributed by atoms with E-state index < -0.39 is 0 Å². The summed E-state index contributed by atoms with van der Waals surface area (Å²) in [5.41, 5.74) is 0. The van der Waals surface area contributed by atoms with Crippen molar-refractivity contribution in [2.75, 3.05) is 12.4 Å². The summed E-state index contributed by atoms with van der Waals surface area (Å²) in [5.74, 6) is 1.17. The molecule has 0 saturated carbocycles. The fourth-order valence-electron chi connectivity index (χ4n) is 1.01. The third-order valence-corrected chi connectivity index (χ3v) is 2.45. The molecule has 0 aromatic heterocycles. The molecule has 0 atom stereocenters. The number of hydrogen-bond acceptors (Lipinski definition) is 2. The fraction of sp³-hybridized carbons (Fsp3) is 0.750. The molecule has 1 radical (unpaired) electrons. The third kappa shape index (κ3) is 2.76. The standard InChI is InChI=1S/C8H15NS/c1-2-3-4-5-9-6-7-10-8-9/h6-7H,2-5,8H2,1H3/q+1. The van der Waals surface area contributed by atoms with E-state index in [-0.39, 0.29) is 0 Å². The number of unbranched alkanes of at least 4 members (excludes halogenated alkanes) is 2. The maximum absolute atomic E-state index is 2.38. The highest BCUT2D eigenvalue weighted by atomic mass is 32.2. The summed E-state index contributed by atoms with van der Waals surface area (Å²) < 4.78 is 0. The van der Waals surface area contributed by atoms with Crippen molar-refractivity contribution >= 4 is 11.8 Å². The molecule has 10 heavy (non-hydrogen) atoms. The molecule has 0 spiro atoms. The lowest BCUT2D eigenvalue weighted by Crippen LogP contribution is -2.20. The molecule has 0 bridgehead atoms. The molecule has 1 rings (SSSR count). The van der Waals surface area contributed by atoms with Gasteiger partial charge in [0.25, 0.3) is 0 Å². The Morgan fingerprint density at radius 3 is 3.00 bits per heavy atom. The molecule has 0 aromatic rings. The van der Waals surface area contributed by atoms with Crippen molar-refractivity contribution in [3.8, 4) is 0 Å². The van der Waals surface area contributed by atoms with Gasteiger partial charge in [-0.25, -0.2) is 0 Å². The highest BCUT2D eigenvalue weighted by Crippen LogP contribution is 2.12. The Morgan fingerprint density at radius 2 is 2.40 bits per heavy atom. The highest BCUT2D eigenvalue weighted by molar-refractivity contribution is 8.02. The van der Waals surface area contributed by atoms with Crippen LogP contribution in [0.5, 0.6) is 0 Å². The number of thioether (sulfide) groups is 1. The van der Waals surface area contributed by atoms with Gasteiger partial charge < -0.3 is 0 Å². The van der Waals surface area contributed by atoms with Gasteiger partial charge in [0.05, 0.1) is 0 Å². The second-order valence-corrected chi connectivity index (χ2v) is 3.46. The average molecular weight is 157 g/mol. The topological polar surface area (TPSA) is 5.90 Å². The molecule has 1 aliphatic heterocycles. The third-order valence-electron chi connectivity index (χ3n) is 1.66. The van der Waals surface area contributed by atoms with Crippen LogP contribution in [0.3, 0.4) is 0 Å². The second-order valence-electron chi connectivity index (χ2n) is 2.60. The minimum absolute atomic E-state index is 1.17. The van der Waals surface area contributed by atoms with Crippen LogP contribution in [0, 0.1) is 0 Å². The molecular weight excluding hydrogens is 142 g/mol. The van der Waals surface area contributed by atoms with E-state index in [0.717, 1.165) is 0 Å². The summed E-state index contributed by atoms with van der Waals surface area (Å²) in [5, 5.41) is 2.17. The van der Waals surface area contributed by atoms with Gasteiger partial charge in [0.2, 0.25) is 0 Å². The summed E-state index contributed by atoms with van der Waals surface area (Å²) in [6, 6.07) is 0. The van der Waals surface area contributed by atoms with Gasteiger partial charge in [-0.3, -0.25) is 0 Å². The maximum atomic E-state index is 2.38. The molecule has 2 heteroatoms. The van der Waals surface area contributed by atoms with Crippen LogP contribution in [0.25, 0.3) is 0 Å². The number of rotatable bonds is 4. The van der Waals surface area contributed by atoms with Crippen LogP contribution in [-0.2, 0) is 0 Å². The van der Waals surface area contributed by atoms with Crippen LogP contribution >= 0.6 is 11.8 Å². The van der Waals surface area contributed by atoms with Gasteiger partial charge in [-0.1, -0.05) is 25.1 Å². The van der Waals surface area contributed by atoms with Crippen molar-refractivity contribution < 1.29 is 0 Å². The maximum Gasteiger partial charge on any atom is 0.178 e. The van der Waals surface area contributed by atoms with Crippen LogP contribution in [-0.4, -0.2) is 12.4 Å². The van der Waals surface area contributed by atoms with Crippen molar-refractivity contribution in [2.45, 2.75) is 26.2 Å². The van der Waals surface area contributed by atoms with Gasteiger partial charge in [0, 0.05) is 11.8 Å². The normalized spacial score (nSPS) is 18.5. The molecule has 0 fully saturated rings. The molecule has 0 saturated heterocycles. The first-order valence-electron chi connectivity index (χ1n) is 3.96. The van der Waals surface area contributed by atoms with Gasteiger partial charge in [-0.05, 0) is 6.42 Å². The van der Waals surface area contributed by atoms with Crippen LogP contribution in [0.2, 0.25) is 0 Å². The molecule has 0 aliphatic carbocycles. The van der Waals surface area contributed by atoms with E-state index >= 15 is 0 Å². The van der Waals surface area contributed by atoms with Gasteiger partial charge in [-0.2, -0.15) is 0 Å². The zero-order valence-corrected chi connectivity index (χ0v) is 7.36. The zero-order valence-electron chi connectivity index (χ0n) is 6.55. The van der Waals surface area contributed by atoms with E-state index in [2.05, 4.69) is 23.4 Å². The van der Waals surface area contributed by atoms with Crippen LogP contribution in [0.15, 0.2) is 11.6 Å². The predicted octanol–water partition coefficient (Wildman–Crippen LogP) is 2.49. The Balaban J connectivity index is 1.97. The molecule has 57 valence electrons. The molecule has 0 unspecified atom stereocenters. The zero-order chi connectivity index (χ0) is 7.23. The number of hydrogen-bond donors (Lipinski definition) is 0. The average Bonchev–Trinajstić information content (AvgIpc) is 2.41. The summed E-state index contributed by atoms with van der Waals surface area (Å²) >= 11 is 1.89. The Hall–Kier alpha value is 0.0500. The minimum atomic E-state index is 1.17. The van der Waals surface area contributed by atoms with Crippen LogP contribution in [0.4, 0.5) is 0 Å². The quantitative estimate of drug-likeness (QED) is 0.449. The van der Waals surface area contributed by atoms with Gasteiger partial charge in [0.1, 0.15) is 6.54 Å². The van der Waals surface area contributed by atoms with Gasteiger partial charge in [-0.15, -0.1) is 4.90 Å². The van der Waals surface area contributed by atoms with E-state index in [1.54, 1.807) is 0 Å². The van der Waals surface area contributed by atoms with Gasteiger partial charge in [0.15, 0.2) is 12.1 Å². The molecule has 0 N–H and O–H groups in total. The van der Waals surface area contributed by atoms with Crippen LogP contribution in [0.1, 0.15) is 26.2 Å². The molecule has 0 aromatic carbocycles. The summed E-state index contributed by atoms with van der Waals surface area (Å²) in [4.78, 5) is 2.38. The first-order chi connectivity index (χ1) is 4.93. The summed E-state index contributed by atoms with van der Waals surface area (Å²) in [6.45, 7) is 3.49. The molecule has 1 aliphatic rings. The van der Waals surface area contributed by atoms with E-state index in [0.29, 0.717) is 0 Å². The lowest BCUT2D eigenvalue weighted by Gasteiger charge is -1.99. The number of nitrogens with zero attached hydrogens (tertiary/aromatic N) is 1. The van der Waals surface area contributed by atoms with Gasteiger partial charge >= 0.3 is 0 Å². The molecule has 0 amide bonds. The van der Waals surface area contributed by atoms with Crippen molar-refractivity contribution in [3.05, 3.63) is 11.6 Å². The van der Waals surface area contributed by atoms with Crippen molar-refractivity contribution in [3.63, 3.8) is 0 Å². The Bertz CT molecular complexity index is 112. The molecule has 1 nitrogen and oxygen atoms in total. The SMILES string of the molecule is CCCCC[N+]1C=CSC1. The second kappa shape index (κ2) is 4.80.